The molecule has 0 saturated heterocycles. The van der Waals surface area contributed by atoms with Gasteiger partial charge >= 0.3 is 0 Å². The first-order chi connectivity index (χ1) is 36.2. The number of pyridine rings is 4. The molecule has 0 amide bonds. The lowest BCUT2D eigenvalue weighted by Crippen LogP contribution is -2.32. The third-order valence-corrected chi connectivity index (χ3v) is 15.3. The molecule has 0 aliphatic heterocycles. The van der Waals surface area contributed by atoms with Gasteiger partial charge in [0.25, 0.3) is 0 Å². The predicted molar refractivity (Wildman–Crippen MR) is 325 cm³/mol. The third kappa shape index (κ3) is 14.9. The Morgan fingerprint density at radius 2 is 0.566 bits per heavy atom. The summed E-state index contributed by atoms with van der Waals surface area (Å²) in [5.74, 6) is 2.26. The highest BCUT2D eigenvalue weighted by molar-refractivity contribution is 5.64. The van der Waals surface area contributed by atoms with Gasteiger partial charge in [-0.3, -0.25) is 0 Å². The van der Waals surface area contributed by atoms with Crippen molar-refractivity contribution in [2.75, 3.05) is 0 Å². The summed E-state index contributed by atoms with van der Waals surface area (Å²) in [6.45, 7) is 35.8. The van der Waals surface area contributed by atoms with Crippen molar-refractivity contribution in [1.29, 1.82) is 0 Å². The van der Waals surface area contributed by atoms with Crippen molar-refractivity contribution in [2.24, 2.45) is 28.2 Å². The second kappa shape index (κ2) is 28.0. The zero-order valence-electron chi connectivity index (χ0n) is 50.8. The van der Waals surface area contributed by atoms with Gasteiger partial charge in [0, 0.05) is 68.8 Å². The Morgan fingerprint density at radius 1 is 0.289 bits per heavy atom. The summed E-state index contributed by atoms with van der Waals surface area (Å²) < 4.78 is 9.04. The average molecular weight is 1020 g/mol. The van der Waals surface area contributed by atoms with E-state index < -0.39 is 0 Å². The first-order valence-electron chi connectivity index (χ1n) is 28.5. The second-order valence-corrected chi connectivity index (χ2v) is 22.3. The molecule has 0 fully saturated rings. The summed E-state index contributed by atoms with van der Waals surface area (Å²) in [6, 6.07) is 43.9. The maximum Gasteiger partial charge on any atom is 0.212 e. The van der Waals surface area contributed by atoms with Gasteiger partial charge in [0.05, 0.1) is 0 Å². The lowest BCUT2D eigenvalue weighted by atomic mass is 9.90. The van der Waals surface area contributed by atoms with Crippen LogP contribution >= 0.6 is 0 Å². The molecule has 0 bridgehead atoms. The van der Waals surface area contributed by atoms with E-state index in [0.717, 1.165) is 25.7 Å². The topological polar surface area (TPSA) is 15.5 Å². The molecule has 4 aromatic heterocycles. The highest BCUT2D eigenvalue weighted by atomic mass is 14.9. The first-order valence-corrected chi connectivity index (χ1v) is 28.5. The van der Waals surface area contributed by atoms with E-state index in [1.54, 1.807) is 0 Å². The molecule has 400 valence electrons. The Labute approximate surface area is 462 Å². The van der Waals surface area contributed by atoms with Crippen molar-refractivity contribution < 1.29 is 18.3 Å². The number of benzene rings is 4. The first kappa shape index (κ1) is 60.3. The van der Waals surface area contributed by atoms with Crippen molar-refractivity contribution in [1.82, 2.24) is 0 Å². The number of hydrogen-bond acceptors (Lipinski definition) is 0. The molecule has 4 nitrogen and oxygen atoms in total. The minimum Gasteiger partial charge on any atom is -0.201 e. The number of nitrogens with zero attached hydrogens (tertiary/aromatic N) is 4. The van der Waals surface area contributed by atoms with E-state index in [1.165, 1.54) is 112 Å². The fourth-order valence-corrected chi connectivity index (χ4v) is 10.7. The number of rotatable bonds is 12. The van der Waals surface area contributed by atoms with Crippen LogP contribution in [-0.2, 0) is 53.9 Å². The smallest absolute Gasteiger partial charge is 0.201 e. The third-order valence-electron chi connectivity index (χ3n) is 15.3. The normalized spacial score (nSPS) is 11.1. The van der Waals surface area contributed by atoms with Gasteiger partial charge in [0.2, 0.25) is 22.8 Å². The Morgan fingerprint density at radius 3 is 0.895 bits per heavy atom. The van der Waals surface area contributed by atoms with Gasteiger partial charge in [0.15, 0.2) is 24.8 Å². The quantitative estimate of drug-likeness (QED) is 0.108. The van der Waals surface area contributed by atoms with Crippen molar-refractivity contribution in [2.45, 2.75) is 160 Å². The van der Waals surface area contributed by atoms with Crippen LogP contribution < -0.4 is 18.3 Å². The van der Waals surface area contributed by atoms with Crippen molar-refractivity contribution in [3.63, 3.8) is 0 Å². The molecule has 4 heteroatoms. The Hall–Kier alpha value is -6.52. The highest BCUT2D eigenvalue weighted by Gasteiger charge is 2.22. The molecule has 4 aromatic carbocycles. The van der Waals surface area contributed by atoms with Crippen LogP contribution in [0.25, 0.3) is 45.0 Å². The lowest BCUT2D eigenvalue weighted by molar-refractivity contribution is -0.661. The van der Waals surface area contributed by atoms with Gasteiger partial charge in [-0.1, -0.05) is 156 Å². The van der Waals surface area contributed by atoms with Crippen LogP contribution in [0.5, 0.6) is 0 Å². The molecule has 8 aromatic rings. The van der Waals surface area contributed by atoms with E-state index in [9.17, 15) is 0 Å². The molecule has 76 heavy (non-hydrogen) atoms. The van der Waals surface area contributed by atoms with Crippen LogP contribution in [0.4, 0.5) is 0 Å². The van der Waals surface area contributed by atoms with Gasteiger partial charge in [0.1, 0.15) is 28.2 Å². The van der Waals surface area contributed by atoms with E-state index in [0.29, 0.717) is 23.7 Å². The van der Waals surface area contributed by atoms with Crippen LogP contribution in [0.1, 0.15) is 174 Å². The Balaban J connectivity index is 0.000000187. The molecule has 4 heterocycles. The summed E-state index contributed by atoms with van der Waals surface area (Å²) in [6.07, 6.45) is 13.6. The Kier molecular flexibility index (Phi) is 22.3. The van der Waals surface area contributed by atoms with Gasteiger partial charge in [-0.2, -0.15) is 0 Å². The van der Waals surface area contributed by atoms with Crippen molar-refractivity contribution in [3.05, 3.63) is 213 Å². The molecule has 0 aliphatic carbocycles. The zero-order chi connectivity index (χ0) is 56.0. The number of aromatic nitrogens is 4. The predicted octanol–water partition coefficient (Wildman–Crippen LogP) is 16.7. The fourth-order valence-electron chi connectivity index (χ4n) is 10.7. The summed E-state index contributed by atoms with van der Waals surface area (Å²) in [5, 5.41) is 0. The molecular formula is C72H96N4+4. The van der Waals surface area contributed by atoms with E-state index in [2.05, 4.69) is 303 Å². The van der Waals surface area contributed by atoms with Crippen LogP contribution in [0.3, 0.4) is 0 Å². The summed E-state index contributed by atoms with van der Waals surface area (Å²) in [7, 11) is 8.58. The fraction of sp³-hybridized carbons (Fsp3) is 0.389. The highest BCUT2D eigenvalue weighted by Crippen LogP contribution is 2.31. The van der Waals surface area contributed by atoms with Crippen LogP contribution in [0.2, 0.25) is 0 Å². The minimum absolute atomic E-state index is 0.552. The van der Waals surface area contributed by atoms with E-state index >= 15 is 0 Å². The second-order valence-electron chi connectivity index (χ2n) is 22.3. The van der Waals surface area contributed by atoms with E-state index in [1.807, 2.05) is 0 Å². The molecule has 8 rings (SSSR count). The molecule has 0 spiro atoms. The molecule has 0 radical (unpaired) electrons. The van der Waals surface area contributed by atoms with Crippen LogP contribution in [-0.4, -0.2) is 0 Å². The van der Waals surface area contributed by atoms with Gasteiger partial charge in [-0.15, -0.1) is 0 Å². The monoisotopic (exact) mass is 1020 g/mol. The number of hydrogen-bond donors (Lipinski definition) is 0. The number of aryl methyl sites for hydroxylation is 12. The van der Waals surface area contributed by atoms with Crippen LogP contribution in [0.15, 0.2) is 146 Å². The molecule has 0 saturated carbocycles. The average Bonchev–Trinajstić information content (AvgIpc) is 3.40. The standard InChI is InChI=1S/C19H26N.2C18H24N.C17H22N/c1-13(2)17-11-19(16-10-8-7-9-15(16)5)20(6)12-18(17)14(3)4;1-6-15-12-19(5)18(11-17(15)13(2)3)16-10-8-7-9-14(16)4;1-6-15-11-18(16-10-8-7-9-14(16)4)19(5)12-17(15)13(2)3;1-5-14-11-17(18(4)12-15(14)6-2)16-10-8-7-9-13(16)3/h7-14H,1-6H3;2*7-13H,6H2,1-5H3;7-12H,5-6H2,1-4H3/q4*+1. The SMILES string of the molecule is CCc1c[n+](C)c(-c2ccccc2C)cc1C(C)C.CCc1cc(-c2ccccc2C)[n+](C)cc1C(C)C.CCc1cc(-c2ccccc2C)[n+](C)cc1CC.Cc1ccccc1-c1cc(C(C)C)c(C(C)C)c[n+]1C. The Bertz CT molecular complexity index is 3180. The largest absolute Gasteiger partial charge is 0.212 e. The minimum atomic E-state index is 0.552. The lowest BCUT2D eigenvalue weighted by Gasteiger charge is -2.16. The molecule has 0 atom stereocenters. The van der Waals surface area contributed by atoms with Crippen molar-refractivity contribution >= 4 is 0 Å². The van der Waals surface area contributed by atoms with E-state index in [4.69, 9.17) is 0 Å². The van der Waals surface area contributed by atoms with E-state index in [-0.39, 0.29) is 0 Å². The molecule has 0 aliphatic rings. The summed E-state index contributed by atoms with van der Waals surface area (Å²) in [4.78, 5) is 0. The zero-order valence-corrected chi connectivity index (χ0v) is 50.8. The molecule has 0 unspecified atom stereocenters. The summed E-state index contributed by atoms with van der Waals surface area (Å²) in [5.41, 5.74) is 27.6. The van der Waals surface area contributed by atoms with Gasteiger partial charge in [-0.25, -0.2) is 18.3 Å². The summed E-state index contributed by atoms with van der Waals surface area (Å²) >= 11 is 0. The van der Waals surface area contributed by atoms with Gasteiger partial charge < -0.3 is 0 Å². The van der Waals surface area contributed by atoms with Crippen LogP contribution in [0, 0.1) is 27.7 Å². The van der Waals surface area contributed by atoms with Gasteiger partial charge in [-0.05, 0) is 146 Å². The van der Waals surface area contributed by atoms with Crippen molar-refractivity contribution in [3.8, 4) is 45.0 Å². The molecular weight excluding hydrogens is 921 g/mol. The maximum atomic E-state index is 2.38. The molecule has 0 N–H and O–H groups in total. The maximum absolute atomic E-state index is 2.38.